The zero-order valence-corrected chi connectivity index (χ0v) is 14.6. The number of hydrogen-bond acceptors (Lipinski definition) is 5. The number of nitrogens with zero attached hydrogens (tertiary/aromatic N) is 2. The van der Waals surface area contributed by atoms with Gasteiger partial charge in [-0.15, -0.1) is 0 Å². The van der Waals surface area contributed by atoms with Gasteiger partial charge in [0.1, 0.15) is 5.75 Å². The van der Waals surface area contributed by atoms with Crippen LogP contribution in [0.3, 0.4) is 0 Å². The third-order valence-corrected chi connectivity index (χ3v) is 5.18. The maximum absolute atomic E-state index is 12.6. The first-order valence-corrected chi connectivity index (χ1v) is 9.25. The topological polar surface area (TPSA) is 73.2 Å². The molecule has 0 radical (unpaired) electrons. The lowest BCUT2D eigenvalue weighted by Crippen LogP contribution is -2.44. The molecule has 2 fully saturated rings. The summed E-state index contributed by atoms with van der Waals surface area (Å²) in [6, 6.07) is 7.34. The molecule has 6 nitrogen and oxygen atoms in total. The zero-order chi connectivity index (χ0) is 17.6. The van der Waals surface area contributed by atoms with Gasteiger partial charge in [-0.1, -0.05) is 12.1 Å². The number of piperidine rings is 2. The van der Waals surface area contributed by atoms with Crippen molar-refractivity contribution in [1.29, 1.82) is 0 Å². The summed E-state index contributed by atoms with van der Waals surface area (Å²) in [6.07, 6.45) is 5.43. The minimum atomic E-state index is -1.79. The summed E-state index contributed by atoms with van der Waals surface area (Å²) in [4.78, 5) is 17.0. The smallest absolute Gasteiger partial charge is 0.512 e. The molecule has 0 spiro atoms. The van der Waals surface area contributed by atoms with Crippen LogP contribution in [0.25, 0.3) is 0 Å². The van der Waals surface area contributed by atoms with Gasteiger partial charge in [0.05, 0.1) is 0 Å². The second-order valence-electron chi connectivity index (χ2n) is 7.02. The maximum atomic E-state index is 12.6. The zero-order valence-electron chi connectivity index (χ0n) is 14.6. The number of hydrogen-bond donors (Lipinski definition) is 2. The Bertz CT molecular complexity index is 553. The molecule has 0 aliphatic carbocycles. The lowest BCUT2D eigenvalue weighted by Gasteiger charge is -2.35. The molecule has 3 rings (SSSR count). The standard InChI is InChI=1S/C18H27BN2O4/c22-18(21-10-2-1-3-11-21)16-8-12-20(13-9-16)14-15-4-6-17(7-5-15)25-19(23)24/h4-7,16,23-24H,1-3,8-14H2. The van der Waals surface area contributed by atoms with E-state index in [1.54, 1.807) is 12.1 Å². The fraction of sp³-hybridized carbons (Fsp3) is 0.611. The molecule has 25 heavy (non-hydrogen) atoms. The third-order valence-electron chi connectivity index (χ3n) is 5.18. The molecule has 0 unspecified atom stereocenters. The van der Waals surface area contributed by atoms with Crippen molar-refractivity contribution in [3.63, 3.8) is 0 Å². The van der Waals surface area contributed by atoms with Gasteiger partial charge in [0.2, 0.25) is 5.91 Å². The van der Waals surface area contributed by atoms with Crippen LogP contribution in [0.2, 0.25) is 0 Å². The highest BCUT2D eigenvalue weighted by Crippen LogP contribution is 2.23. The lowest BCUT2D eigenvalue weighted by molar-refractivity contribution is -0.138. The fourth-order valence-electron chi connectivity index (χ4n) is 3.76. The van der Waals surface area contributed by atoms with Crippen LogP contribution in [0.1, 0.15) is 37.7 Å². The van der Waals surface area contributed by atoms with E-state index in [1.807, 2.05) is 12.1 Å². The maximum Gasteiger partial charge on any atom is 0.707 e. The summed E-state index contributed by atoms with van der Waals surface area (Å²) >= 11 is 0. The van der Waals surface area contributed by atoms with Gasteiger partial charge in [-0.05, 0) is 62.9 Å². The summed E-state index contributed by atoms with van der Waals surface area (Å²) in [5, 5.41) is 17.6. The average Bonchev–Trinajstić information content (AvgIpc) is 2.64. The summed E-state index contributed by atoms with van der Waals surface area (Å²) in [5.74, 6) is 0.990. The van der Waals surface area contributed by atoms with Crippen molar-refractivity contribution in [2.24, 2.45) is 5.92 Å². The Labute approximate surface area is 149 Å². The SMILES string of the molecule is O=C(C1CCN(Cc2ccc(OB(O)O)cc2)CC1)N1CCCCC1. The van der Waals surface area contributed by atoms with Crippen LogP contribution in [-0.4, -0.2) is 59.3 Å². The van der Waals surface area contributed by atoms with Crippen LogP contribution in [0.15, 0.2) is 24.3 Å². The van der Waals surface area contributed by atoms with Gasteiger partial charge in [0.25, 0.3) is 0 Å². The molecule has 0 saturated carbocycles. The molecule has 2 heterocycles. The molecule has 1 amide bonds. The van der Waals surface area contributed by atoms with Gasteiger partial charge in [-0.25, -0.2) is 0 Å². The highest BCUT2D eigenvalue weighted by molar-refractivity contribution is 6.33. The van der Waals surface area contributed by atoms with E-state index in [-0.39, 0.29) is 5.92 Å². The van der Waals surface area contributed by atoms with Crippen LogP contribution in [0, 0.1) is 5.92 Å². The Balaban J connectivity index is 1.45. The van der Waals surface area contributed by atoms with Gasteiger partial charge < -0.3 is 19.6 Å². The monoisotopic (exact) mass is 346 g/mol. The number of rotatable bonds is 5. The molecule has 0 aromatic heterocycles. The van der Waals surface area contributed by atoms with Gasteiger partial charge in [-0.3, -0.25) is 9.69 Å². The molecule has 2 aliphatic heterocycles. The van der Waals surface area contributed by atoms with Crippen molar-refractivity contribution < 1.29 is 19.5 Å². The molecule has 7 heteroatoms. The van der Waals surface area contributed by atoms with Crippen LogP contribution in [0.4, 0.5) is 0 Å². The first-order valence-electron chi connectivity index (χ1n) is 9.25. The summed E-state index contributed by atoms with van der Waals surface area (Å²) < 4.78 is 4.81. The highest BCUT2D eigenvalue weighted by Gasteiger charge is 2.29. The van der Waals surface area contributed by atoms with E-state index in [9.17, 15) is 4.79 Å². The van der Waals surface area contributed by atoms with Crippen LogP contribution in [-0.2, 0) is 11.3 Å². The minimum Gasteiger partial charge on any atom is -0.512 e. The minimum absolute atomic E-state index is 0.191. The molecule has 1 aromatic rings. The van der Waals surface area contributed by atoms with Crippen molar-refractivity contribution in [2.45, 2.75) is 38.6 Å². The predicted octanol–water partition coefficient (Wildman–Crippen LogP) is 1.26. The number of amides is 1. The van der Waals surface area contributed by atoms with E-state index in [1.165, 1.54) is 6.42 Å². The molecule has 136 valence electrons. The summed E-state index contributed by atoms with van der Waals surface area (Å²) in [7, 11) is -1.79. The van der Waals surface area contributed by atoms with E-state index in [0.29, 0.717) is 11.7 Å². The van der Waals surface area contributed by atoms with Gasteiger partial charge >= 0.3 is 7.32 Å². The quantitative estimate of drug-likeness (QED) is 0.786. The van der Waals surface area contributed by atoms with Gasteiger partial charge in [-0.2, -0.15) is 0 Å². The Morgan fingerprint density at radius 3 is 2.28 bits per heavy atom. The highest BCUT2D eigenvalue weighted by atomic mass is 16.6. The molecular weight excluding hydrogens is 319 g/mol. The summed E-state index contributed by atoms with van der Waals surface area (Å²) in [5.41, 5.74) is 1.15. The van der Waals surface area contributed by atoms with Crippen LogP contribution in [0.5, 0.6) is 5.75 Å². The molecule has 1 aromatic carbocycles. The number of benzene rings is 1. The van der Waals surface area contributed by atoms with Crippen molar-refractivity contribution >= 4 is 13.2 Å². The number of carbonyl (C=O) groups is 1. The predicted molar refractivity (Wildman–Crippen MR) is 95.7 cm³/mol. The Hall–Kier alpha value is -1.57. The van der Waals surface area contributed by atoms with Crippen molar-refractivity contribution in [2.75, 3.05) is 26.2 Å². The van der Waals surface area contributed by atoms with E-state index >= 15 is 0 Å². The van der Waals surface area contributed by atoms with E-state index in [4.69, 9.17) is 14.7 Å². The van der Waals surface area contributed by atoms with Crippen LogP contribution >= 0.6 is 0 Å². The lowest BCUT2D eigenvalue weighted by atomic mass is 9.94. The molecule has 0 atom stereocenters. The van der Waals surface area contributed by atoms with Crippen molar-refractivity contribution in [3.05, 3.63) is 29.8 Å². The molecular formula is C18H27BN2O4. The largest absolute Gasteiger partial charge is 0.707 e. The van der Waals surface area contributed by atoms with E-state index < -0.39 is 7.32 Å². The molecule has 0 bridgehead atoms. The molecule has 2 saturated heterocycles. The first kappa shape index (κ1) is 18.2. The van der Waals surface area contributed by atoms with E-state index in [0.717, 1.165) is 64.0 Å². The normalized spacial score (nSPS) is 19.7. The third kappa shape index (κ3) is 5.20. The summed E-state index contributed by atoms with van der Waals surface area (Å²) in [6.45, 7) is 4.61. The van der Waals surface area contributed by atoms with Gasteiger partial charge in [0, 0.05) is 25.6 Å². The Morgan fingerprint density at radius 1 is 1.04 bits per heavy atom. The first-order chi connectivity index (χ1) is 12.1. The Morgan fingerprint density at radius 2 is 1.68 bits per heavy atom. The number of likely N-dealkylation sites (tertiary alicyclic amines) is 2. The van der Waals surface area contributed by atoms with Crippen molar-refractivity contribution in [1.82, 2.24) is 9.80 Å². The van der Waals surface area contributed by atoms with Gasteiger partial charge in [0.15, 0.2) is 0 Å². The van der Waals surface area contributed by atoms with E-state index in [2.05, 4.69) is 9.80 Å². The molecule has 2 aliphatic rings. The van der Waals surface area contributed by atoms with Crippen molar-refractivity contribution in [3.8, 4) is 5.75 Å². The van der Waals surface area contributed by atoms with Crippen LogP contribution < -0.4 is 4.65 Å². The average molecular weight is 346 g/mol. The fourth-order valence-corrected chi connectivity index (χ4v) is 3.76. The molecule has 2 N–H and O–H groups in total. The Kier molecular flexibility index (Phi) is 6.34. The number of carbonyl (C=O) groups excluding carboxylic acids is 1. The second kappa shape index (κ2) is 8.69. The second-order valence-corrected chi connectivity index (χ2v) is 7.02.